The second-order valence-corrected chi connectivity index (χ2v) is 9.38. The summed E-state index contributed by atoms with van der Waals surface area (Å²) in [4.78, 5) is 18.1. The van der Waals surface area contributed by atoms with Crippen molar-refractivity contribution in [1.29, 1.82) is 0 Å². The van der Waals surface area contributed by atoms with Gasteiger partial charge in [-0.05, 0) is 31.0 Å². The monoisotopic (exact) mass is 400 g/mol. The number of thioether (sulfide) groups is 1. The van der Waals surface area contributed by atoms with Gasteiger partial charge in [-0.25, -0.2) is 12.8 Å². The van der Waals surface area contributed by atoms with Gasteiger partial charge in [-0.1, -0.05) is 23.9 Å². The first-order valence-corrected chi connectivity index (χ1v) is 11.3. The van der Waals surface area contributed by atoms with Crippen molar-refractivity contribution in [2.45, 2.75) is 25.4 Å². The Morgan fingerprint density at radius 1 is 1.35 bits per heavy atom. The highest BCUT2D eigenvalue weighted by molar-refractivity contribution is 8.14. The highest BCUT2D eigenvalue weighted by Crippen LogP contribution is 2.31. The van der Waals surface area contributed by atoms with Gasteiger partial charge >= 0.3 is 5.97 Å². The number of carbonyl (C=O) groups excluding carboxylic acids is 1. The van der Waals surface area contributed by atoms with Crippen LogP contribution in [-0.4, -0.2) is 66.9 Å². The van der Waals surface area contributed by atoms with E-state index in [-0.39, 0.29) is 41.1 Å². The van der Waals surface area contributed by atoms with Crippen molar-refractivity contribution in [3.63, 3.8) is 0 Å². The van der Waals surface area contributed by atoms with Gasteiger partial charge in [0.1, 0.15) is 5.82 Å². The maximum absolute atomic E-state index is 13.0. The normalized spacial score (nSPS) is 23.6. The van der Waals surface area contributed by atoms with Gasteiger partial charge in [0.2, 0.25) is 0 Å². The van der Waals surface area contributed by atoms with Crippen LogP contribution in [0.3, 0.4) is 0 Å². The van der Waals surface area contributed by atoms with Crippen LogP contribution >= 0.6 is 11.8 Å². The average Bonchev–Trinajstić information content (AvgIpc) is 3.04. The summed E-state index contributed by atoms with van der Waals surface area (Å²) >= 11 is 1.28. The van der Waals surface area contributed by atoms with E-state index in [2.05, 4.69) is 4.99 Å². The van der Waals surface area contributed by atoms with Crippen LogP contribution in [0.1, 0.15) is 12.5 Å². The fourth-order valence-electron chi connectivity index (χ4n) is 3.20. The van der Waals surface area contributed by atoms with E-state index in [1.807, 2.05) is 4.90 Å². The Hall–Kier alpha value is -1.61. The van der Waals surface area contributed by atoms with Crippen LogP contribution in [0.5, 0.6) is 0 Å². The minimum Gasteiger partial charge on any atom is -0.465 e. The first-order valence-electron chi connectivity index (χ1n) is 8.45. The van der Waals surface area contributed by atoms with Crippen LogP contribution < -0.4 is 0 Å². The van der Waals surface area contributed by atoms with Crippen molar-refractivity contribution in [3.05, 3.63) is 35.6 Å². The molecule has 0 N–H and O–H groups in total. The quantitative estimate of drug-likeness (QED) is 0.674. The van der Waals surface area contributed by atoms with Gasteiger partial charge in [0.05, 0.1) is 35.9 Å². The number of nitrogens with zero attached hydrogens (tertiary/aromatic N) is 2. The second-order valence-electron chi connectivity index (χ2n) is 6.29. The zero-order chi connectivity index (χ0) is 18.7. The lowest BCUT2D eigenvalue weighted by molar-refractivity contribution is -0.139. The molecule has 2 atom stereocenters. The number of rotatable bonds is 6. The summed E-state index contributed by atoms with van der Waals surface area (Å²) in [7, 11) is -3.09. The maximum atomic E-state index is 13.0. The minimum atomic E-state index is -3.09. The maximum Gasteiger partial charge on any atom is 0.316 e. The first kappa shape index (κ1) is 19.2. The van der Waals surface area contributed by atoms with E-state index in [0.717, 1.165) is 5.56 Å². The Morgan fingerprint density at radius 3 is 2.77 bits per heavy atom. The summed E-state index contributed by atoms with van der Waals surface area (Å²) < 4.78 is 41.9. The zero-order valence-corrected chi connectivity index (χ0v) is 16.1. The van der Waals surface area contributed by atoms with E-state index in [0.29, 0.717) is 24.7 Å². The van der Waals surface area contributed by atoms with Crippen molar-refractivity contribution < 1.29 is 22.3 Å². The molecule has 1 fully saturated rings. The molecule has 2 aliphatic heterocycles. The topological polar surface area (TPSA) is 76.0 Å². The Labute approximate surface area is 156 Å². The predicted molar refractivity (Wildman–Crippen MR) is 99.6 cm³/mol. The summed E-state index contributed by atoms with van der Waals surface area (Å²) in [6, 6.07) is 5.79. The van der Waals surface area contributed by atoms with Crippen molar-refractivity contribution in [2.75, 3.05) is 30.4 Å². The molecule has 0 amide bonds. The third-order valence-electron chi connectivity index (χ3n) is 4.39. The van der Waals surface area contributed by atoms with E-state index in [1.165, 1.54) is 23.9 Å². The molecule has 1 saturated heterocycles. The largest absolute Gasteiger partial charge is 0.465 e. The molecule has 2 heterocycles. The van der Waals surface area contributed by atoms with Gasteiger partial charge in [-0.2, -0.15) is 0 Å². The van der Waals surface area contributed by atoms with Crippen molar-refractivity contribution in [2.24, 2.45) is 4.99 Å². The van der Waals surface area contributed by atoms with Gasteiger partial charge < -0.3 is 9.64 Å². The summed E-state index contributed by atoms with van der Waals surface area (Å²) in [6.07, 6.45) is 0.641. The number of halogens is 1. The van der Waals surface area contributed by atoms with Crippen molar-refractivity contribution >= 4 is 32.7 Å². The lowest BCUT2D eigenvalue weighted by Gasteiger charge is -2.26. The van der Waals surface area contributed by atoms with Crippen LogP contribution in [-0.2, 0) is 25.8 Å². The molecule has 142 valence electrons. The zero-order valence-electron chi connectivity index (χ0n) is 14.4. The number of carbonyl (C=O) groups is 1. The molecule has 26 heavy (non-hydrogen) atoms. The lowest BCUT2D eigenvalue weighted by atomic mass is 10.1. The van der Waals surface area contributed by atoms with Gasteiger partial charge in [0.25, 0.3) is 0 Å². The van der Waals surface area contributed by atoms with E-state index in [9.17, 15) is 17.6 Å². The molecule has 0 bridgehead atoms. The number of sulfone groups is 1. The number of esters is 1. The molecule has 2 aliphatic rings. The molecular formula is C17H21FN2O4S2. The van der Waals surface area contributed by atoms with E-state index in [1.54, 1.807) is 19.1 Å². The van der Waals surface area contributed by atoms with Crippen LogP contribution in [0.2, 0.25) is 0 Å². The van der Waals surface area contributed by atoms with Gasteiger partial charge in [-0.3, -0.25) is 9.79 Å². The molecule has 0 unspecified atom stereocenters. The molecule has 9 heteroatoms. The summed E-state index contributed by atoms with van der Waals surface area (Å²) in [5.41, 5.74) is 0.963. The Bertz CT molecular complexity index is 795. The Balaban J connectivity index is 1.69. The number of aliphatic imine (C=N–C) groups is 1. The molecular weight excluding hydrogens is 379 g/mol. The highest BCUT2D eigenvalue weighted by Gasteiger charge is 2.46. The molecule has 1 aromatic rings. The SMILES string of the molecule is CCOC(=O)CSC1=N[C@@H]2CS(=O)(=O)C[C@H]2N1CCc1ccc(F)cc1. The molecule has 1 aromatic carbocycles. The predicted octanol–water partition coefficient (Wildman–Crippen LogP) is 1.50. The number of hydrogen-bond acceptors (Lipinski definition) is 7. The fourth-order valence-corrected chi connectivity index (χ4v) is 6.01. The van der Waals surface area contributed by atoms with Crippen molar-refractivity contribution in [3.8, 4) is 0 Å². The minimum absolute atomic E-state index is 0.0498. The first-order chi connectivity index (χ1) is 12.4. The van der Waals surface area contributed by atoms with Crippen LogP contribution in [0.4, 0.5) is 4.39 Å². The van der Waals surface area contributed by atoms with Gasteiger partial charge in [-0.15, -0.1) is 0 Å². The van der Waals surface area contributed by atoms with E-state index >= 15 is 0 Å². The van der Waals surface area contributed by atoms with E-state index in [4.69, 9.17) is 4.74 Å². The third-order valence-corrected chi connectivity index (χ3v) is 7.07. The summed E-state index contributed by atoms with van der Waals surface area (Å²) in [5, 5.41) is 0.685. The molecule has 3 rings (SSSR count). The average molecular weight is 400 g/mol. The van der Waals surface area contributed by atoms with Crippen molar-refractivity contribution in [1.82, 2.24) is 4.90 Å². The van der Waals surface area contributed by atoms with E-state index < -0.39 is 9.84 Å². The standard InChI is InChI=1S/C17H21FN2O4S2/c1-2-24-16(21)9-25-17-19-14-10-26(22,23)11-15(14)20(17)8-7-12-3-5-13(18)6-4-12/h3-6,14-15H,2,7-11H2,1H3/t14-,15-/m1/s1. The molecule has 0 aliphatic carbocycles. The molecule has 6 nitrogen and oxygen atoms in total. The number of benzene rings is 1. The molecule has 0 saturated carbocycles. The lowest BCUT2D eigenvalue weighted by Crippen LogP contribution is -2.40. The molecule has 0 aromatic heterocycles. The number of hydrogen-bond donors (Lipinski definition) is 0. The molecule has 0 spiro atoms. The van der Waals surface area contributed by atoms with Crippen LogP contribution in [0.25, 0.3) is 0 Å². The number of fused-ring (bicyclic) bond motifs is 1. The summed E-state index contributed by atoms with van der Waals surface area (Å²) in [5.74, 6) is -0.332. The highest BCUT2D eigenvalue weighted by atomic mass is 32.2. The smallest absolute Gasteiger partial charge is 0.316 e. The number of amidine groups is 1. The molecule has 0 radical (unpaired) electrons. The Kier molecular flexibility index (Phi) is 5.86. The fraction of sp³-hybridized carbons (Fsp3) is 0.529. The second kappa shape index (κ2) is 7.96. The summed E-state index contributed by atoms with van der Waals surface area (Å²) in [6.45, 7) is 2.64. The van der Waals surface area contributed by atoms with Crippen LogP contribution in [0.15, 0.2) is 29.3 Å². The van der Waals surface area contributed by atoms with Gasteiger partial charge in [0, 0.05) is 6.54 Å². The Morgan fingerprint density at radius 2 is 2.08 bits per heavy atom. The number of ether oxygens (including phenoxy) is 1. The third kappa shape index (κ3) is 4.56. The van der Waals surface area contributed by atoms with Gasteiger partial charge in [0.15, 0.2) is 15.0 Å². The van der Waals surface area contributed by atoms with Crippen LogP contribution in [0, 0.1) is 5.82 Å².